The molecule has 0 spiro atoms. The van der Waals surface area contributed by atoms with Gasteiger partial charge in [-0.1, -0.05) is 0 Å². The van der Waals surface area contributed by atoms with Gasteiger partial charge in [-0.3, -0.25) is 19.2 Å². The van der Waals surface area contributed by atoms with Crippen molar-refractivity contribution in [1.29, 1.82) is 0 Å². The summed E-state index contributed by atoms with van der Waals surface area (Å²) in [6.07, 6.45) is 0. The molecule has 18 heteroatoms. The first-order valence-corrected chi connectivity index (χ1v) is 22.7. The van der Waals surface area contributed by atoms with E-state index in [4.69, 9.17) is 18.3 Å². The molecule has 1 unspecified atom stereocenters. The predicted octanol–water partition coefficient (Wildman–Crippen LogP) is 5.05. The molecule has 2 saturated heterocycles. The number of hydrogen-bond acceptors (Lipinski definition) is 12. The Balaban J connectivity index is 0.000000234. The van der Waals surface area contributed by atoms with Gasteiger partial charge in [0.1, 0.15) is 22.2 Å². The van der Waals surface area contributed by atoms with Crippen LogP contribution in [0.2, 0.25) is 0 Å². The molecule has 4 aromatic rings. The minimum Gasteiger partial charge on any atom is -0.440 e. The minimum absolute atomic E-state index is 0.219. The highest BCUT2D eigenvalue weighted by molar-refractivity contribution is 7.85. The van der Waals surface area contributed by atoms with Crippen LogP contribution in [0.5, 0.6) is 0 Å². The fourth-order valence-electron chi connectivity index (χ4n) is 6.46. The monoisotopic (exact) mass is 896 g/mol. The molecule has 2 aliphatic rings. The van der Waals surface area contributed by atoms with Gasteiger partial charge >= 0.3 is 0 Å². The second kappa shape index (κ2) is 19.7. The summed E-state index contributed by atoms with van der Waals surface area (Å²) in [6, 6.07) is 8.98. The van der Waals surface area contributed by atoms with E-state index in [1.54, 1.807) is 59.4 Å². The summed E-state index contributed by atoms with van der Waals surface area (Å²) in [4.78, 5) is 58.1. The fourth-order valence-corrected chi connectivity index (χ4v) is 7.88. The van der Waals surface area contributed by atoms with Gasteiger partial charge in [0.05, 0.1) is 63.4 Å². The Morgan fingerprint density at radius 2 is 1.13 bits per heavy atom. The van der Waals surface area contributed by atoms with Crippen molar-refractivity contribution in [3.63, 3.8) is 0 Å². The lowest BCUT2D eigenvalue weighted by Gasteiger charge is -2.28. The van der Waals surface area contributed by atoms with Crippen LogP contribution in [0.25, 0.3) is 21.9 Å². The summed E-state index contributed by atoms with van der Waals surface area (Å²) in [6.45, 7) is 19.4. The molecule has 0 aliphatic carbocycles. The molecule has 6 rings (SSSR count). The number of morpholine rings is 2. The summed E-state index contributed by atoms with van der Waals surface area (Å²) in [5.74, 6) is 0.449. The van der Waals surface area contributed by atoms with Crippen LogP contribution in [0, 0.1) is 0 Å². The number of hydrogen-bond donors (Lipinski definition) is 1. The minimum atomic E-state index is -1.51. The van der Waals surface area contributed by atoms with Gasteiger partial charge in [-0.15, -0.1) is 0 Å². The van der Waals surface area contributed by atoms with E-state index < -0.39 is 37.5 Å². The molecule has 2 amide bonds. The quantitative estimate of drug-likeness (QED) is 0.221. The highest BCUT2D eigenvalue weighted by atomic mass is 32.2. The number of benzene rings is 2. The maximum Gasteiger partial charge on any atom is 0.253 e. The maximum atomic E-state index is 13.0. The molecule has 62 heavy (non-hydrogen) atoms. The molecule has 2 fully saturated rings. The third-order valence-electron chi connectivity index (χ3n) is 10.1. The molecule has 1 N–H and O–H groups in total. The van der Waals surface area contributed by atoms with Crippen molar-refractivity contribution in [3.8, 4) is 0 Å². The fraction of sp³-hybridized carbons (Fsp3) is 0.523. The van der Waals surface area contributed by atoms with E-state index in [0.717, 1.165) is 0 Å². The van der Waals surface area contributed by atoms with Crippen molar-refractivity contribution in [2.45, 2.75) is 70.9 Å². The molecule has 2 aliphatic heterocycles. The Hall–Kier alpha value is -4.75. The number of nitrogens with one attached hydrogen (secondary N) is 1. The van der Waals surface area contributed by atoms with Crippen LogP contribution in [-0.2, 0) is 31.4 Å². The standard InChI is InChI=1S/C22H31N3O5S.C22H29N3O5S/c2*1-14(23-31(28)22(2,3)4)16-11-15(21(27)24(5)6)12-17-18(26)13-19(30-20(16)17)25-7-9-29-10-8-25/h11-14,23H,7-10H2,1-6H3;11-13H,7-10H2,1-6H3/t14?,31-;31-/m11/s1. The lowest BCUT2D eigenvalue weighted by atomic mass is 10.0. The van der Waals surface area contributed by atoms with E-state index in [-0.39, 0.29) is 28.1 Å². The van der Waals surface area contributed by atoms with Crippen LogP contribution in [0.3, 0.4) is 0 Å². The van der Waals surface area contributed by atoms with Crippen molar-refractivity contribution in [1.82, 2.24) is 14.5 Å². The number of rotatable bonds is 9. The maximum absolute atomic E-state index is 13.0. The zero-order chi connectivity index (χ0) is 45.8. The number of anilines is 2. The number of carbonyl (C=O) groups excluding carboxylic acids is 2. The second-order valence-corrected chi connectivity index (χ2v) is 21.5. The van der Waals surface area contributed by atoms with Gasteiger partial charge in [0, 0.05) is 94.8 Å². The Morgan fingerprint density at radius 3 is 1.56 bits per heavy atom. The van der Waals surface area contributed by atoms with E-state index >= 15 is 0 Å². The van der Waals surface area contributed by atoms with Crippen LogP contribution < -0.4 is 25.4 Å². The summed E-state index contributed by atoms with van der Waals surface area (Å²) in [5.41, 5.74) is 2.52. The first kappa shape index (κ1) is 48.3. The van der Waals surface area contributed by atoms with Gasteiger partial charge < -0.3 is 37.9 Å². The van der Waals surface area contributed by atoms with Crippen molar-refractivity contribution in [3.05, 3.63) is 79.1 Å². The van der Waals surface area contributed by atoms with Gasteiger partial charge in [-0.25, -0.2) is 13.1 Å². The van der Waals surface area contributed by atoms with E-state index in [2.05, 4.69) is 9.12 Å². The van der Waals surface area contributed by atoms with Gasteiger partial charge in [-0.05, 0) is 79.7 Å². The highest BCUT2D eigenvalue weighted by Gasteiger charge is 2.27. The topological polar surface area (TPSA) is 185 Å². The Kier molecular flexibility index (Phi) is 15.4. The molecule has 338 valence electrons. The molecule has 2 aromatic carbocycles. The summed E-state index contributed by atoms with van der Waals surface area (Å²) in [5, 5.41) is 0.616. The number of amides is 2. The summed E-state index contributed by atoms with van der Waals surface area (Å²) < 4.78 is 54.9. The highest BCUT2D eigenvalue weighted by Crippen LogP contribution is 2.31. The molecule has 0 bridgehead atoms. The van der Waals surface area contributed by atoms with Crippen LogP contribution in [0.1, 0.15) is 93.3 Å². The average molecular weight is 897 g/mol. The Bertz CT molecular complexity index is 2510. The van der Waals surface area contributed by atoms with Crippen LogP contribution >= 0.6 is 0 Å². The van der Waals surface area contributed by atoms with Crippen LogP contribution in [0.4, 0.5) is 11.8 Å². The number of ether oxygens (including phenoxy) is 2. The Labute approximate surface area is 367 Å². The van der Waals surface area contributed by atoms with Crippen molar-refractivity contribution in [2.24, 2.45) is 4.40 Å². The van der Waals surface area contributed by atoms with Crippen molar-refractivity contribution >= 4 is 73.2 Å². The van der Waals surface area contributed by atoms with Gasteiger partial charge in [0.2, 0.25) is 0 Å². The SMILES string of the molecule is CC(=N[S@](=O)C(C)(C)C)c1cc(C(=O)N(C)C)cc2c(=O)cc(N3CCOCC3)oc12.CC(N[S@](=O)C(C)(C)C)c1cc(C(=O)N(C)C)cc2c(=O)cc(N3CCOCC3)oc12. The molecule has 4 heterocycles. The average Bonchev–Trinajstić information content (AvgIpc) is 3.22. The van der Waals surface area contributed by atoms with Crippen LogP contribution in [0.15, 0.2) is 59.2 Å². The number of nitrogens with zero attached hydrogens (tertiary/aromatic N) is 5. The number of fused-ring (bicyclic) bond motifs is 2. The van der Waals surface area contributed by atoms with Crippen molar-refractivity contribution in [2.75, 3.05) is 90.6 Å². The molecule has 0 saturated carbocycles. The third kappa shape index (κ3) is 11.4. The Morgan fingerprint density at radius 1 is 0.694 bits per heavy atom. The van der Waals surface area contributed by atoms with E-state index in [1.165, 1.54) is 21.9 Å². The molecule has 2 aromatic heterocycles. The summed E-state index contributed by atoms with van der Waals surface area (Å²) in [7, 11) is 3.76. The number of carbonyl (C=O) groups is 2. The zero-order valence-electron chi connectivity index (χ0n) is 37.8. The largest absolute Gasteiger partial charge is 0.440 e. The normalized spacial score (nSPS) is 16.7. The molecule has 3 atom stereocenters. The zero-order valence-corrected chi connectivity index (χ0v) is 39.5. The van der Waals surface area contributed by atoms with E-state index in [9.17, 15) is 27.6 Å². The molecule has 16 nitrogen and oxygen atoms in total. The smallest absolute Gasteiger partial charge is 0.253 e. The molecule has 0 radical (unpaired) electrons. The van der Waals surface area contributed by atoms with Gasteiger partial charge in [0.25, 0.3) is 11.8 Å². The third-order valence-corrected chi connectivity index (χ3v) is 13.2. The predicted molar refractivity (Wildman–Crippen MR) is 247 cm³/mol. The first-order chi connectivity index (χ1) is 29.0. The summed E-state index contributed by atoms with van der Waals surface area (Å²) >= 11 is 0. The second-order valence-electron chi connectivity index (χ2n) is 17.6. The first-order valence-electron chi connectivity index (χ1n) is 20.5. The van der Waals surface area contributed by atoms with Crippen molar-refractivity contribution < 1.29 is 36.3 Å². The molecular formula is C44H60N6O10S2. The van der Waals surface area contributed by atoms with E-state index in [1.807, 2.05) is 58.3 Å². The van der Waals surface area contributed by atoms with Crippen LogP contribution in [-0.4, -0.2) is 126 Å². The lowest BCUT2D eigenvalue weighted by molar-refractivity contribution is 0.0820. The molecular weight excluding hydrogens is 837 g/mol. The lowest BCUT2D eigenvalue weighted by Crippen LogP contribution is -2.36. The van der Waals surface area contributed by atoms with Gasteiger partial charge in [0.15, 0.2) is 22.6 Å². The van der Waals surface area contributed by atoms with Gasteiger partial charge in [-0.2, -0.15) is 4.40 Å². The van der Waals surface area contributed by atoms with E-state index in [0.29, 0.717) is 109 Å².